The molecule has 0 fully saturated rings. The van der Waals surface area contributed by atoms with Crippen LogP contribution in [0.15, 0.2) is 37.2 Å². The molecule has 0 saturated heterocycles. The molecule has 0 aromatic carbocycles. The molecule has 0 aliphatic heterocycles. The minimum Gasteiger partial charge on any atom is -0.251 e. The zero-order chi connectivity index (χ0) is 27.7. The molecule has 35 heavy (non-hydrogen) atoms. The average molecular weight is 584 g/mol. The maximum atomic E-state index is 12.0. The van der Waals surface area contributed by atoms with Gasteiger partial charge in [-0.25, -0.2) is 19.5 Å². The van der Waals surface area contributed by atoms with Gasteiger partial charge in [-0.15, -0.1) is 0 Å². The van der Waals surface area contributed by atoms with Crippen LogP contribution in [0.3, 0.4) is 0 Å². The summed E-state index contributed by atoms with van der Waals surface area (Å²) < 4.78 is 169. The maximum Gasteiger partial charge on any atom is 0.470 e. The molecule has 0 saturated carbocycles. The summed E-state index contributed by atoms with van der Waals surface area (Å²) in [7, 11) is -22.1. The van der Waals surface area contributed by atoms with Gasteiger partial charge in [-0.1, -0.05) is 0 Å². The number of nitrogens with zero attached hydrogens (tertiary/aromatic N) is 4. The van der Waals surface area contributed by atoms with Crippen molar-refractivity contribution in [3.8, 4) is 11.4 Å². The molecular formula is C13H9F9N4O6S3. The summed E-state index contributed by atoms with van der Waals surface area (Å²) in [6.07, 6.45) is 6.91. The number of hydrogen-bond donors (Lipinski definition) is 0. The van der Waals surface area contributed by atoms with Crippen LogP contribution in [-0.2, 0) is 36.6 Å². The number of pyridine rings is 1. The van der Waals surface area contributed by atoms with Crippen LogP contribution in [0.2, 0.25) is 0 Å². The number of aromatic nitrogens is 4. The van der Waals surface area contributed by atoms with Gasteiger partial charge in [-0.3, -0.25) is 25.3 Å². The van der Waals surface area contributed by atoms with Crippen LogP contribution in [0.5, 0.6) is 0 Å². The quantitative estimate of drug-likeness (QED) is 0.297. The van der Waals surface area contributed by atoms with E-state index < -0.39 is 50.0 Å². The molecule has 0 N–H and O–H groups in total. The molecule has 0 aliphatic carbocycles. The zero-order valence-electron chi connectivity index (χ0n) is 16.3. The molecule has 0 amide bonds. The smallest absolute Gasteiger partial charge is 0.251 e. The molecule has 0 atom stereocenters. The van der Waals surface area contributed by atoms with Crippen LogP contribution in [0, 0.1) is 3.91 Å². The summed E-state index contributed by atoms with van der Waals surface area (Å²) in [5, 5.41) is 0. The maximum absolute atomic E-state index is 12.0. The highest BCUT2D eigenvalue weighted by Gasteiger charge is 2.63. The van der Waals surface area contributed by atoms with E-state index in [0.29, 0.717) is 5.82 Å². The highest BCUT2D eigenvalue weighted by molar-refractivity contribution is 8.29. The number of sulfone groups is 3. The van der Waals surface area contributed by atoms with E-state index in [4.69, 9.17) is 0 Å². The third-order valence-electron chi connectivity index (χ3n) is 3.30. The molecule has 2 aromatic heterocycles. The lowest BCUT2D eigenvalue weighted by Gasteiger charge is -2.31. The minimum atomic E-state index is -8.02. The van der Waals surface area contributed by atoms with Crippen molar-refractivity contribution in [2.24, 2.45) is 7.05 Å². The first-order valence-electron chi connectivity index (χ1n) is 7.86. The third kappa shape index (κ3) is 6.54. The summed E-state index contributed by atoms with van der Waals surface area (Å²) in [5.74, 6) is 0.704. The van der Waals surface area contributed by atoms with Gasteiger partial charge in [0.25, 0.3) is 0 Å². The van der Waals surface area contributed by atoms with Gasteiger partial charge in [-0.05, 0) is 0 Å². The van der Waals surface area contributed by atoms with Crippen LogP contribution in [-0.4, -0.2) is 56.7 Å². The number of alkyl halides is 9. The largest absolute Gasteiger partial charge is 0.470 e. The van der Waals surface area contributed by atoms with E-state index in [1.54, 1.807) is 0 Å². The summed E-state index contributed by atoms with van der Waals surface area (Å²) in [6, 6.07) is 3.94. The molecule has 10 nitrogen and oxygen atoms in total. The second-order valence-corrected chi connectivity index (χ2v) is 12.2. The Kier molecular flexibility index (Phi) is 8.51. The fourth-order valence-electron chi connectivity index (χ4n) is 1.76. The number of halogens is 9. The van der Waals surface area contributed by atoms with Crippen LogP contribution in [0.25, 0.3) is 11.4 Å². The standard InChI is InChI=1S/C9H9N4.C4F9O6S3/c1-13-4-2-8(3-5-13)9-11-6-10-7-12-9;5-2(6,7)20(14,15)1(21(16,17)3(8,9)10)22(18,19)4(11,12)13/h2-7H,1H3;/q+1;-1. The molecule has 0 bridgehead atoms. The molecule has 2 rings (SSSR count). The highest BCUT2D eigenvalue weighted by atomic mass is 32.3. The van der Waals surface area contributed by atoms with Crippen molar-refractivity contribution in [1.82, 2.24) is 15.0 Å². The first-order chi connectivity index (χ1) is 15.5. The Morgan fingerprint density at radius 2 is 1.00 bits per heavy atom. The molecule has 0 unspecified atom stereocenters. The lowest BCUT2D eigenvalue weighted by molar-refractivity contribution is -0.671. The topological polar surface area (TPSA) is 145 Å². The number of hydrogen-bond acceptors (Lipinski definition) is 9. The van der Waals surface area contributed by atoms with Gasteiger partial charge >= 0.3 is 16.5 Å². The summed E-state index contributed by atoms with van der Waals surface area (Å²) in [6.45, 7) is 0. The Labute approximate surface area is 190 Å². The Bertz CT molecular complexity index is 1240. The van der Waals surface area contributed by atoms with Gasteiger partial charge in [0, 0.05) is 17.7 Å². The Hall–Kier alpha value is -2.62. The molecule has 0 radical (unpaired) electrons. The van der Waals surface area contributed by atoms with Crippen molar-refractivity contribution in [1.29, 1.82) is 0 Å². The van der Waals surface area contributed by atoms with Gasteiger partial charge in [0.15, 0.2) is 47.7 Å². The molecule has 2 aromatic rings. The lowest BCUT2D eigenvalue weighted by Crippen LogP contribution is -2.47. The summed E-state index contributed by atoms with van der Waals surface area (Å²) >= 11 is 0. The normalized spacial score (nSPS) is 13.8. The first-order valence-corrected chi connectivity index (χ1v) is 12.3. The van der Waals surface area contributed by atoms with E-state index in [1.807, 2.05) is 36.1 Å². The second-order valence-electron chi connectivity index (χ2n) is 5.81. The predicted octanol–water partition coefficient (Wildman–Crippen LogP) is 1.60. The second kappa shape index (κ2) is 9.79. The SMILES string of the molecule is C[n+]1ccc(-c2ncncn2)cc1.O=S(=O)([C-](S(=O)(=O)C(F)(F)F)S(=O)(=O)C(F)(F)F)C(F)(F)F. The van der Waals surface area contributed by atoms with Gasteiger partial charge < -0.3 is 0 Å². The van der Waals surface area contributed by atoms with Crippen LogP contribution < -0.4 is 4.57 Å². The average Bonchev–Trinajstić information content (AvgIpc) is 2.66. The summed E-state index contributed by atoms with van der Waals surface area (Å²) in [5.41, 5.74) is -20.2. The van der Waals surface area contributed by atoms with Crippen molar-refractivity contribution in [2.75, 3.05) is 0 Å². The van der Waals surface area contributed by atoms with Crippen LogP contribution in [0.1, 0.15) is 0 Å². The molecule has 2 heterocycles. The first kappa shape index (κ1) is 30.4. The van der Waals surface area contributed by atoms with E-state index in [9.17, 15) is 64.8 Å². The molecule has 198 valence electrons. The van der Waals surface area contributed by atoms with E-state index in [-0.39, 0.29) is 0 Å². The highest BCUT2D eigenvalue weighted by Crippen LogP contribution is 2.47. The van der Waals surface area contributed by atoms with Crippen molar-refractivity contribution < 1.29 is 69.3 Å². The van der Waals surface area contributed by atoms with Crippen LogP contribution >= 0.6 is 0 Å². The Morgan fingerprint density at radius 1 is 0.686 bits per heavy atom. The Balaban J connectivity index is 0.000000394. The zero-order valence-corrected chi connectivity index (χ0v) is 18.8. The molecule has 22 heteroatoms. The van der Waals surface area contributed by atoms with E-state index in [2.05, 4.69) is 15.0 Å². The number of rotatable bonds is 4. The van der Waals surface area contributed by atoms with Gasteiger partial charge in [0.1, 0.15) is 19.7 Å². The molecule has 0 aliphatic rings. The predicted molar refractivity (Wildman–Crippen MR) is 94.6 cm³/mol. The lowest BCUT2D eigenvalue weighted by atomic mass is 10.2. The minimum absolute atomic E-state index is 0.704. The summed E-state index contributed by atoms with van der Waals surface area (Å²) in [4.78, 5) is 11.9. The van der Waals surface area contributed by atoms with E-state index >= 15 is 0 Å². The van der Waals surface area contributed by atoms with E-state index in [0.717, 1.165) is 5.56 Å². The van der Waals surface area contributed by atoms with Crippen molar-refractivity contribution >= 4 is 29.5 Å². The fraction of sp³-hybridized carbons (Fsp3) is 0.308. The van der Waals surface area contributed by atoms with Gasteiger partial charge in [0.2, 0.25) is 0 Å². The van der Waals surface area contributed by atoms with E-state index in [1.165, 1.54) is 12.7 Å². The fourth-order valence-corrected chi connectivity index (χ4v) is 7.49. The van der Waals surface area contributed by atoms with Crippen LogP contribution in [0.4, 0.5) is 39.5 Å². The number of aryl methyl sites for hydroxylation is 1. The third-order valence-corrected chi connectivity index (χ3v) is 10.4. The monoisotopic (exact) mass is 584 g/mol. The Morgan fingerprint density at radius 3 is 1.29 bits per heavy atom. The van der Waals surface area contributed by atoms with Gasteiger partial charge in [0.05, 0.1) is 3.91 Å². The van der Waals surface area contributed by atoms with Crippen molar-refractivity contribution in [3.63, 3.8) is 0 Å². The van der Waals surface area contributed by atoms with Crippen molar-refractivity contribution in [2.45, 2.75) is 16.5 Å². The molecular weight excluding hydrogens is 575 g/mol. The van der Waals surface area contributed by atoms with Crippen molar-refractivity contribution in [3.05, 3.63) is 41.1 Å². The molecule has 0 spiro atoms. The van der Waals surface area contributed by atoms with Gasteiger partial charge in [-0.2, -0.15) is 39.5 Å².